The summed E-state index contributed by atoms with van der Waals surface area (Å²) in [5.41, 5.74) is 3.15. The van der Waals surface area contributed by atoms with E-state index in [-0.39, 0.29) is 0 Å². The highest BCUT2D eigenvalue weighted by molar-refractivity contribution is 5.88. The molecule has 2 aromatic rings. The first-order valence-electron chi connectivity index (χ1n) is 7.44. The van der Waals surface area contributed by atoms with Gasteiger partial charge in [-0.05, 0) is 24.1 Å². The first kappa shape index (κ1) is 15.9. The number of rotatable bonds is 7. The molecule has 21 heavy (non-hydrogen) atoms. The number of nitrogens with one attached hydrogen (secondary N) is 1. The number of hydrogen-bond donors (Lipinski definition) is 1. The van der Waals surface area contributed by atoms with Crippen molar-refractivity contribution in [2.45, 2.75) is 46.4 Å². The van der Waals surface area contributed by atoms with Crippen LogP contribution in [0.4, 0.5) is 0 Å². The predicted octanol–water partition coefficient (Wildman–Crippen LogP) is 3.65. The fourth-order valence-corrected chi connectivity index (χ4v) is 2.42. The largest absolute Gasteiger partial charge is 0.493 e. The average molecular weight is 291 g/mol. The fourth-order valence-electron chi connectivity index (χ4n) is 2.42. The molecule has 0 aliphatic heterocycles. The number of ether oxygens (including phenoxy) is 2. The van der Waals surface area contributed by atoms with Gasteiger partial charge < -0.3 is 19.2 Å². The van der Waals surface area contributed by atoms with Crippen LogP contribution in [0.15, 0.2) is 16.5 Å². The van der Waals surface area contributed by atoms with Gasteiger partial charge in [0.2, 0.25) is 0 Å². The highest BCUT2D eigenvalue weighted by Gasteiger charge is 2.18. The molecular weight excluding hydrogens is 266 g/mol. The van der Waals surface area contributed by atoms with Gasteiger partial charge in [-0.25, -0.2) is 0 Å². The molecule has 0 bridgehead atoms. The van der Waals surface area contributed by atoms with Crippen LogP contribution in [0.2, 0.25) is 0 Å². The summed E-state index contributed by atoms with van der Waals surface area (Å²) in [5.74, 6) is 1.71. The molecule has 2 rings (SSSR count). The van der Waals surface area contributed by atoms with E-state index in [9.17, 15) is 0 Å². The Balaban J connectivity index is 2.55. The monoisotopic (exact) mass is 291 g/mol. The smallest absolute Gasteiger partial charge is 0.176 e. The lowest BCUT2D eigenvalue weighted by molar-refractivity contribution is 0.183. The molecule has 4 nitrogen and oxygen atoms in total. The number of benzene rings is 1. The molecule has 0 aliphatic carbocycles. The van der Waals surface area contributed by atoms with Gasteiger partial charge in [0.05, 0.1) is 20.3 Å². The Morgan fingerprint density at radius 1 is 1.24 bits per heavy atom. The van der Waals surface area contributed by atoms with Crippen molar-refractivity contribution in [1.29, 1.82) is 0 Å². The number of methoxy groups -OCH3 is 2. The molecule has 0 saturated carbocycles. The summed E-state index contributed by atoms with van der Waals surface area (Å²) in [4.78, 5) is 0. The predicted molar refractivity (Wildman–Crippen MR) is 84.8 cm³/mol. The van der Waals surface area contributed by atoms with Crippen LogP contribution in [-0.4, -0.2) is 20.3 Å². The normalized spacial score (nSPS) is 11.5. The lowest BCUT2D eigenvalue weighted by Gasteiger charge is -2.07. The van der Waals surface area contributed by atoms with Crippen molar-refractivity contribution in [1.82, 2.24) is 5.32 Å². The molecule has 0 amide bonds. The Labute approximate surface area is 126 Å². The molecule has 1 heterocycles. The van der Waals surface area contributed by atoms with Gasteiger partial charge in [-0.3, -0.25) is 0 Å². The third-order valence-corrected chi connectivity index (χ3v) is 3.59. The lowest BCUT2D eigenvalue weighted by atomic mass is 10.1. The maximum absolute atomic E-state index is 6.06. The molecule has 4 heteroatoms. The van der Waals surface area contributed by atoms with Gasteiger partial charge in [0, 0.05) is 24.1 Å². The zero-order chi connectivity index (χ0) is 15.4. The molecule has 116 valence electrons. The second-order valence-corrected chi connectivity index (χ2v) is 5.50. The van der Waals surface area contributed by atoms with Gasteiger partial charge in [-0.15, -0.1) is 0 Å². The third-order valence-electron chi connectivity index (χ3n) is 3.59. The van der Waals surface area contributed by atoms with Crippen molar-refractivity contribution in [3.05, 3.63) is 29.0 Å². The fraction of sp³-hybridized carbons (Fsp3) is 0.529. The molecule has 1 N–H and O–H groups in total. The Kier molecular flexibility index (Phi) is 5.26. The molecule has 0 spiro atoms. The summed E-state index contributed by atoms with van der Waals surface area (Å²) in [6, 6.07) is 4.62. The highest BCUT2D eigenvalue weighted by Crippen LogP contribution is 2.35. The molecule has 0 saturated heterocycles. The minimum atomic E-state index is 0.404. The van der Waals surface area contributed by atoms with Gasteiger partial charge >= 0.3 is 0 Å². The molecule has 0 aliphatic rings. The minimum Gasteiger partial charge on any atom is -0.493 e. The number of furan rings is 1. The van der Waals surface area contributed by atoms with Crippen LogP contribution in [0.3, 0.4) is 0 Å². The molecule has 0 unspecified atom stereocenters. The summed E-state index contributed by atoms with van der Waals surface area (Å²) >= 11 is 0. The molecular formula is C17H25NO3. The van der Waals surface area contributed by atoms with Crippen molar-refractivity contribution in [2.24, 2.45) is 0 Å². The van der Waals surface area contributed by atoms with E-state index in [1.165, 1.54) is 5.56 Å². The highest BCUT2D eigenvalue weighted by atomic mass is 16.5. The first-order valence-corrected chi connectivity index (χ1v) is 7.44. The maximum atomic E-state index is 6.06. The Hall–Kier alpha value is -1.52. The SMILES string of the molecule is CCc1cc(OC)c2oc(CNC(C)C)c(COC)c2c1. The van der Waals surface area contributed by atoms with Crippen molar-refractivity contribution in [2.75, 3.05) is 14.2 Å². The van der Waals surface area contributed by atoms with Crippen molar-refractivity contribution in [3.8, 4) is 5.75 Å². The van der Waals surface area contributed by atoms with Crippen molar-refractivity contribution < 1.29 is 13.9 Å². The summed E-state index contributed by atoms with van der Waals surface area (Å²) in [6.07, 6.45) is 0.962. The van der Waals surface area contributed by atoms with E-state index in [0.29, 0.717) is 19.2 Å². The van der Waals surface area contributed by atoms with Crippen LogP contribution < -0.4 is 10.1 Å². The Morgan fingerprint density at radius 2 is 2.00 bits per heavy atom. The quantitative estimate of drug-likeness (QED) is 0.845. The van der Waals surface area contributed by atoms with Gasteiger partial charge in [0.25, 0.3) is 0 Å². The van der Waals surface area contributed by atoms with E-state index in [2.05, 4.69) is 32.2 Å². The second kappa shape index (κ2) is 6.96. The van der Waals surface area contributed by atoms with E-state index < -0.39 is 0 Å². The van der Waals surface area contributed by atoms with Crippen LogP contribution in [0, 0.1) is 0 Å². The van der Waals surface area contributed by atoms with Crippen molar-refractivity contribution >= 4 is 11.0 Å². The van der Waals surface area contributed by atoms with Crippen molar-refractivity contribution in [3.63, 3.8) is 0 Å². The van der Waals surface area contributed by atoms with E-state index in [0.717, 1.165) is 34.5 Å². The molecule has 1 aromatic carbocycles. The zero-order valence-electron chi connectivity index (χ0n) is 13.6. The summed E-state index contributed by atoms with van der Waals surface area (Å²) in [6.45, 7) is 7.61. The second-order valence-electron chi connectivity index (χ2n) is 5.50. The van der Waals surface area contributed by atoms with Gasteiger partial charge in [0.1, 0.15) is 5.76 Å². The minimum absolute atomic E-state index is 0.404. The van der Waals surface area contributed by atoms with E-state index in [4.69, 9.17) is 13.9 Å². The molecule has 0 atom stereocenters. The van der Waals surface area contributed by atoms with Crippen LogP contribution >= 0.6 is 0 Å². The lowest BCUT2D eigenvalue weighted by Crippen LogP contribution is -2.22. The summed E-state index contributed by atoms with van der Waals surface area (Å²) in [7, 11) is 3.39. The third kappa shape index (κ3) is 3.39. The van der Waals surface area contributed by atoms with Crippen LogP contribution in [-0.2, 0) is 24.3 Å². The molecule has 0 fully saturated rings. The van der Waals surface area contributed by atoms with Gasteiger partial charge in [-0.2, -0.15) is 0 Å². The molecule has 0 radical (unpaired) electrons. The van der Waals surface area contributed by atoms with Crippen LogP contribution in [0.1, 0.15) is 37.7 Å². The van der Waals surface area contributed by atoms with Gasteiger partial charge in [0.15, 0.2) is 11.3 Å². The number of hydrogen-bond acceptors (Lipinski definition) is 4. The Morgan fingerprint density at radius 3 is 2.57 bits per heavy atom. The van der Waals surface area contributed by atoms with E-state index >= 15 is 0 Å². The zero-order valence-corrected chi connectivity index (χ0v) is 13.6. The first-order chi connectivity index (χ1) is 10.1. The molecule has 1 aromatic heterocycles. The van der Waals surface area contributed by atoms with Gasteiger partial charge in [-0.1, -0.05) is 20.8 Å². The number of fused-ring (bicyclic) bond motifs is 1. The van der Waals surface area contributed by atoms with Crippen LogP contribution in [0.25, 0.3) is 11.0 Å². The Bertz CT molecular complexity index is 602. The number of aryl methyl sites for hydroxylation is 1. The van der Waals surface area contributed by atoms with E-state index in [1.807, 2.05) is 6.07 Å². The summed E-state index contributed by atoms with van der Waals surface area (Å²) in [5, 5.41) is 4.49. The van der Waals surface area contributed by atoms with Crippen LogP contribution in [0.5, 0.6) is 5.75 Å². The van der Waals surface area contributed by atoms with E-state index in [1.54, 1.807) is 14.2 Å². The topological polar surface area (TPSA) is 43.6 Å². The standard InChI is InChI=1S/C17H25NO3/c1-6-12-7-13-14(10-19-4)16(9-18-11(2)3)21-17(13)15(8-12)20-5/h7-8,11,18H,6,9-10H2,1-5H3. The average Bonchev–Trinajstić information content (AvgIpc) is 2.82. The summed E-state index contributed by atoms with van der Waals surface area (Å²) < 4.78 is 16.9. The maximum Gasteiger partial charge on any atom is 0.176 e.